The highest BCUT2D eigenvalue weighted by Gasteiger charge is 2.14. The number of primary amides is 1. The lowest BCUT2D eigenvalue weighted by molar-refractivity contribution is -0.122. The minimum absolute atomic E-state index is 0.0714. The number of amides is 1. The highest BCUT2D eigenvalue weighted by Crippen LogP contribution is 2.10. The molecule has 13 heavy (non-hydrogen) atoms. The molecule has 0 saturated carbocycles. The van der Waals surface area contributed by atoms with Crippen molar-refractivity contribution in [3.63, 3.8) is 0 Å². The van der Waals surface area contributed by atoms with Gasteiger partial charge in [-0.3, -0.25) is 4.79 Å². The average Bonchev–Trinajstić information content (AvgIpc) is 2.08. The fourth-order valence-corrected chi connectivity index (χ4v) is 1.13. The van der Waals surface area contributed by atoms with Crippen LogP contribution in [-0.2, 0) is 11.2 Å². The molecule has 0 aliphatic carbocycles. The van der Waals surface area contributed by atoms with Crippen LogP contribution in [0.3, 0.4) is 0 Å². The molecule has 1 aromatic carbocycles. The van der Waals surface area contributed by atoms with Gasteiger partial charge in [0, 0.05) is 6.42 Å². The molecule has 1 atom stereocenters. The number of hydrogen-bond donors (Lipinski definition) is 1. The van der Waals surface area contributed by atoms with E-state index in [1.165, 1.54) is 0 Å². The molecule has 0 aromatic heterocycles. The molecule has 0 heterocycles. The Labute approximate surface area is 76.6 Å². The second kappa shape index (κ2) is 4.03. The monoisotopic (exact) mass is 181 g/mol. The highest BCUT2D eigenvalue weighted by atomic mass is 19.1. The predicted molar refractivity (Wildman–Crippen MR) is 49.0 cm³/mol. The zero-order valence-electron chi connectivity index (χ0n) is 7.46. The van der Waals surface area contributed by atoms with E-state index in [-0.39, 0.29) is 6.42 Å². The molecule has 0 spiro atoms. The molecule has 1 aromatic rings. The van der Waals surface area contributed by atoms with E-state index in [0.717, 1.165) is 11.1 Å². The summed E-state index contributed by atoms with van der Waals surface area (Å²) >= 11 is 0. The summed E-state index contributed by atoms with van der Waals surface area (Å²) in [6.45, 7) is 1.88. The molecular weight excluding hydrogens is 169 g/mol. The minimum Gasteiger partial charge on any atom is -0.367 e. The number of alkyl halides is 1. The van der Waals surface area contributed by atoms with Crippen LogP contribution in [0.1, 0.15) is 11.1 Å². The fraction of sp³-hybridized carbons (Fsp3) is 0.300. The van der Waals surface area contributed by atoms with Crippen molar-refractivity contribution >= 4 is 5.91 Å². The van der Waals surface area contributed by atoms with Gasteiger partial charge in [-0.25, -0.2) is 4.39 Å². The van der Waals surface area contributed by atoms with Crippen LogP contribution in [0.5, 0.6) is 0 Å². The summed E-state index contributed by atoms with van der Waals surface area (Å²) in [7, 11) is 0. The fourth-order valence-electron chi connectivity index (χ4n) is 1.13. The minimum atomic E-state index is -1.58. The molecule has 0 aliphatic rings. The summed E-state index contributed by atoms with van der Waals surface area (Å²) in [6, 6.07) is 7.36. The molecular formula is C10H12FNO. The van der Waals surface area contributed by atoms with E-state index < -0.39 is 12.1 Å². The summed E-state index contributed by atoms with van der Waals surface area (Å²) in [5.74, 6) is -0.900. The lowest BCUT2D eigenvalue weighted by atomic mass is 10.0. The summed E-state index contributed by atoms with van der Waals surface area (Å²) in [4.78, 5) is 10.5. The second-order valence-electron chi connectivity index (χ2n) is 3.00. The van der Waals surface area contributed by atoms with E-state index in [1.54, 1.807) is 6.07 Å². The number of aryl methyl sites for hydroxylation is 1. The van der Waals surface area contributed by atoms with Gasteiger partial charge in [-0.1, -0.05) is 24.3 Å². The first-order chi connectivity index (χ1) is 6.11. The van der Waals surface area contributed by atoms with Gasteiger partial charge < -0.3 is 5.73 Å². The molecule has 2 N–H and O–H groups in total. The molecule has 0 bridgehead atoms. The Morgan fingerprint density at radius 3 is 2.69 bits per heavy atom. The molecule has 1 amide bonds. The summed E-state index contributed by atoms with van der Waals surface area (Å²) in [5.41, 5.74) is 6.63. The normalized spacial score (nSPS) is 12.5. The third-order valence-electron chi connectivity index (χ3n) is 1.97. The van der Waals surface area contributed by atoms with Crippen molar-refractivity contribution in [3.8, 4) is 0 Å². The van der Waals surface area contributed by atoms with Crippen LogP contribution in [0, 0.1) is 6.92 Å². The Kier molecular flexibility index (Phi) is 3.01. The number of rotatable bonds is 3. The standard InChI is InChI=1S/C10H12FNO/c1-7-4-2-3-5-8(7)6-9(11)10(12)13/h2-5,9H,6H2,1H3,(H2,12,13). The summed E-state index contributed by atoms with van der Waals surface area (Å²) in [6.07, 6.45) is -1.51. The third-order valence-corrected chi connectivity index (χ3v) is 1.97. The number of halogens is 1. The Hall–Kier alpha value is -1.38. The maximum absolute atomic E-state index is 12.9. The lowest BCUT2D eigenvalue weighted by Crippen LogP contribution is -2.26. The third kappa shape index (κ3) is 2.54. The van der Waals surface area contributed by atoms with E-state index >= 15 is 0 Å². The van der Waals surface area contributed by atoms with E-state index in [9.17, 15) is 9.18 Å². The van der Waals surface area contributed by atoms with E-state index in [4.69, 9.17) is 5.73 Å². The Balaban J connectivity index is 2.74. The topological polar surface area (TPSA) is 43.1 Å². The zero-order valence-corrected chi connectivity index (χ0v) is 7.46. The van der Waals surface area contributed by atoms with Gasteiger partial charge >= 0.3 is 0 Å². The van der Waals surface area contributed by atoms with E-state index in [0.29, 0.717) is 0 Å². The molecule has 0 radical (unpaired) electrons. The number of carbonyl (C=O) groups is 1. The summed E-state index contributed by atoms with van der Waals surface area (Å²) in [5, 5.41) is 0. The van der Waals surface area contributed by atoms with Gasteiger partial charge in [0.05, 0.1) is 0 Å². The van der Waals surface area contributed by atoms with Crippen molar-refractivity contribution in [1.29, 1.82) is 0 Å². The van der Waals surface area contributed by atoms with E-state index in [1.807, 2.05) is 25.1 Å². The van der Waals surface area contributed by atoms with Crippen LogP contribution in [0.15, 0.2) is 24.3 Å². The van der Waals surface area contributed by atoms with Gasteiger partial charge in [-0.05, 0) is 18.1 Å². The molecule has 0 fully saturated rings. The number of hydrogen-bond acceptors (Lipinski definition) is 1. The van der Waals surface area contributed by atoms with Crippen molar-refractivity contribution in [3.05, 3.63) is 35.4 Å². The van der Waals surface area contributed by atoms with Crippen molar-refractivity contribution in [2.45, 2.75) is 19.5 Å². The zero-order chi connectivity index (χ0) is 9.84. The van der Waals surface area contributed by atoms with Crippen molar-refractivity contribution in [2.75, 3.05) is 0 Å². The molecule has 0 aliphatic heterocycles. The van der Waals surface area contributed by atoms with Crippen molar-refractivity contribution in [1.82, 2.24) is 0 Å². The SMILES string of the molecule is Cc1ccccc1CC(F)C(N)=O. The highest BCUT2D eigenvalue weighted by molar-refractivity contribution is 5.79. The lowest BCUT2D eigenvalue weighted by Gasteiger charge is -2.06. The molecule has 2 nitrogen and oxygen atoms in total. The van der Waals surface area contributed by atoms with Crippen LogP contribution in [0.4, 0.5) is 4.39 Å². The van der Waals surface area contributed by atoms with Gasteiger partial charge in [-0.15, -0.1) is 0 Å². The molecule has 3 heteroatoms. The average molecular weight is 181 g/mol. The number of carbonyl (C=O) groups excluding carboxylic acids is 1. The number of nitrogens with two attached hydrogens (primary N) is 1. The van der Waals surface area contributed by atoms with Crippen LogP contribution < -0.4 is 5.73 Å². The van der Waals surface area contributed by atoms with Crippen LogP contribution >= 0.6 is 0 Å². The molecule has 1 rings (SSSR count). The van der Waals surface area contributed by atoms with Gasteiger partial charge in [0.25, 0.3) is 5.91 Å². The largest absolute Gasteiger partial charge is 0.367 e. The van der Waals surface area contributed by atoms with Gasteiger partial charge in [0.2, 0.25) is 0 Å². The Morgan fingerprint density at radius 1 is 1.54 bits per heavy atom. The van der Waals surface area contributed by atoms with Crippen LogP contribution in [-0.4, -0.2) is 12.1 Å². The van der Waals surface area contributed by atoms with Gasteiger partial charge in [0.15, 0.2) is 6.17 Å². The van der Waals surface area contributed by atoms with Gasteiger partial charge in [-0.2, -0.15) is 0 Å². The molecule has 0 saturated heterocycles. The predicted octanol–water partition coefficient (Wildman–Crippen LogP) is 1.36. The summed E-state index contributed by atoms with van der Waals surface area (Å²) < 4.78 is 12.9. The maximum Gasteiger partial charge on any atom is 0.252 e. The Morgan fingerprint density at radius 2 is 2.15 bits per heavy atom. The van der Waals surface area contributed by atoms with Crippen LogP contribution in [0.2, 0.25) is 0 Å². The molecule has 70 valence electrons. The first-order valence-corrected chi connectivity index (χ1v) is 4.09. The van der Waals surface area contributed by atoms with Crippen LogP contribution in [0.25, 0.3) is 0 Å². The maximum atomic E-state index is 12.9. The van der Waals surface area contributed by atoms with E-state index in [2.05, 4.69) is 0 Å². The van der Waals surface area contributed by atoms with Crippen molar-refractivity contribution in [2.24, 2.45) is 5.73 Å². The quantitative estimate of drug-likeness (QED) is 0.751. The first-order valence-electron chi connectivity index (χ1n) is 4.09. The van der Waals surface area contributed by atoms with Crippen molar-refractivity contribution < 1.29 is 9.18 Å². The Bertz CT molecular complexity index is 312. The second-order valence-corrected chi connectivity index (χ2v) is 3.00. The smallest absolute Gasteiger partial charge is 0.252 e. The number of benzene rings is 1. The van der Waals surface area contributed by atoms with Gasteiger partial charge in [0.1, 0.15) is 0 Å². The first kappa shape index (κ1) is 9.71. The molecule has 1 unspecified atom stereocenters.